The molecule has 1 amide bonds. The molecule has 0 aliphatic rings. The molecule has 0 aliphatic carbocycles. The highest BCUT2D eigenvalue weighted by atomic mass is 35.5. The number of nitrogens with zero attached hydrogens (tertiary/aromatic N) is 2. The van der Waals surface area contributed by atoms with Crippen molar-refractivity contribution in [2.45, 2.75) is 33.3 Å². The van der Waals surface area contributed by atoms with Crippen LogP contribution in [-0.4, -0.2) is 22.3 Å². The number of nitro groups is 1. The highest BCUT2D eigenvalue weighted by Crippen LogP contribution is 2.25. The van der Waals surface area contributed by atoms with Crippen molar-refractivity contribution < 1.29 is 14.5 Å². The molecule has 0 atom stereocenters. The van der Waals surface area contributed by atoms with Gasteiger partial charge in [0.15, 0.2) is 0 Å². The van der Waals surface area contributed by atoms with Gasteiger partial charge in [-0.1, -0.05) is 17.7 Å². The zero-order chi connectivity index (χ0) is 16.2. The van der Waals surface area contributed by atoms with Gasteiger partial charge in [-0.25, -0.2) is 10.2 Å². The summed E-state index contributed by atoms with van der Waals surface area (Å²) < 4.78 is 5.02. The maximum Gasteiger partial charge on any atom is 0.428 e. The van der Waals surface area contributed by atoms with Gasteiger partial charge in [0.1, 0.15) is 10.6 Å². The van der Waals surface area contributed by atoms with Gasteiger partial charge in [-0.2, -0.15) is 5.10 Å². The summed E-state index contributed by atoms with van der Waals surface area (Å²) in [5, 5.41) is 14.7. The van der Waals surface area contributed by atoms with Crippen LogP contribution in [0.15, 0.2) is 23.3 Å². The standard InChI is InChI=1S/C13H16ClN3O4/c1-8(15-16-12(18)21-13(2,3)4)9-5-6-10(14)11(7-9)17(19)20/h5-7H,1-4H3,(H,16,18)/b15-8+. The molecular formula is C13H16ClN3O4. The van der Waals surface area contributed by atoms with Gasteiger partial charge in [-0.15, -0.1) is 0 Å². The Kier molecular flexibility index (Phi) is 5.26. The van der Waals surface area contributed by atoms with Crippen molar-refractivity contribution in [2.75, 3.05) is 0 Å². The molecule has 0 bridgehead atoms. The van der Waals surface area contributed by atoms with Crippen molar-refractivity contribution in [3.05, 3.63) is 38.9 Å². The van der Waals surface area contributed by atoms with E-state index in [1.54, 1.807) is 33.8 Å². The lowest BCUT2D eigenvalue weighted by atomic mass is 10.1. The number of nitrogens with one attached hydrogen (secondary N) is 1. The van der Waals surface area contributed by atoms with Crippen molar-refractivity contribution in [1.82, 2.24) is 5.43 Å². The first-order valence-corrected chi connectivity index (χ1v) is 6.45. The lowest BCUT2D eigenvalue weighted by Crippen LogP contribution is -2.30. The average Bonchev–Trinajstić information content (AvgIpc) is 2.34. The van der Waals surface area contributed by atoms with Crippen molar-refractivity contribution in [1.29, 1.82) is 0 Å². The number of halogens is 1. The summed E-state index contributed by atoms with van der Waals surface area (Å²) in [6.45, 7) is 6.79. The van der Waals surface area contributed by atoms with Crippen LogP contribution in [0.1, 0.15) is 33.3 Å². The molecule has 1 aromatic rings. The summed E-state index contributed by atoms with van der Waals surface area (Å²) in [4.78, 5) is 21.7. The summed E-state index contributed by atoms with van der Waals surface area (Å²) in [5.74, 6) is 0. The molecule has 0 unspecified atom stereocenters. The molecule has 1 aromatic carbocycles. The minimum absolute atomic E-state index is 0.0386. The van der Waals surface area contributed by atoms with Crippen molar-refractivity contribution in [3.63, 3.8) is 0 Å². The average molecular weight is 314 g/mol. The lowest BCUT2D eigenvalue weighted by molar-refractivity contribution is -0.384. The quantitative estimate of drug-likeness (QED) is 0.525. The van der Waals surface area contributed by atoms with Crippen LogP contribution in [0, 0.1) is 10.1 Å². The molecule has 0 aromatic heterocycles. The predicted octanol–water partition coefficient (Wildman–Crippen LogP) is 3.50. The van der Waals surface area contributed by atoms with Gasteiger partial charge >= 0.3 is 6.09 Å². The highest BCUT2D eigenvalue weighted by Gasteiger charge is 2.16. The number of hydrogen-bond acceptors (Lipinski definition) is 5. The zero-order valence-electron chi connectivity index (χ0n) is 12.1. The Morgan fingerprint density at radius 2 is 2.05 bits per heavy atom. The smallest absolute Gasteiger partial charge is 0.428 e. The summed E-state index contributed by atoms with van der Waals surface area (Å²) in [6.07, 6.45) is -0.703. The third-order valence-corrected chi connectivity index (χ3v) is 2.59. The first-order chi connectivity index (χ1) is 9.60. The van der Waals surface area contributed by atoms with Crippen LogP contribution >= 0.6 is 11.6 Å². The number of hydrogen-bond donors (Lipinski definition) is 1. The molecule has 7 nitrogen and oxygen atoms in total. The van der Waals surface area contributed by atoms with E-state index in [1.165, 1.54) is 12.1 Å². The molecule has 0 saturated heterocycles. The second-order valence-corrected chi connectivity index (χ2v) is 5.64. The van der Waals surface area contributed by atoms with E-state index in [2.05, 4.69) is 10.5 Å². The number of carbonyl (C=O) groups excluding carboxylic acids is 1. The second kappa shape index (κ2) is 6.53. The number of amides is 1. The fourth-order valence-corrected chi connectivity index (χ4v) is 1.56. The monoisotopic (exact) mass is 313 g/mol. The molecule has 8 heteroatoms. The first-order valence-electron chi connectivity index (χ1n) is 6.08. The molecule has 1 rings (SSSR count). The van der Waals surface area contributed by atoms with Crippen molar-refractivity contribution in [2.24, 2.45) is 5.10 Å². The largest absolute Gasteiger partial charge is 0.443 e. The molecular weight excluding hydrogens is 298 g/mol. The minimum Gasteiger partial charge on any atom is -0.443 e. The van der Waals surface area contributed by atoms with Gasteiger partial charge in [0.05, 0.1) is 10.6 Å². The van der Waals surface area contributed by atoms with Gasteiger partial charge in [0.2, 0.25) is 0 Å². The maximum atomic E-state index is 11.5. The van der Waals surface area contributed by atoms with Crippen LogP contribution in [0.4, 0.5) is 10.5 Å². The Labute approximate surface area is 127 Å². The number of ether oxygens (including phenoxy) is 1. The van der Waals surface area contributed by atoms with Crippen molar-refractivity contribution >= 4 is 29.1 Å². The van der Waals surface area contributed by atoms with Gasteiger partial charge in [-0.3, -0.25) is 10.1 Å². The van der Waals surface area contributed by atoms with E-state index in [4.69, 9.17) is 16.3 Å². The van der Waals surface area contributed by atoms with Crippen LogP contribution in [0.2, 0.25) is 5.02 Å². The number of benzene rings is 1. The van der Waals surface area contributed by atoms with Crippen LogP contribution < -0.4 is 5.43 Å². The number of hydrazone groups is 1. The predicted molar refractivity (Wildman–Crippen MR) is 79.7 cm³/mol. The zero-order valence-corrected chi connectivity index (χ0v) is 12.9. The summed E-state index contributed by atoms with van der Waals surface area (Å²) in [6, 6.07) is 4.27. The molecule has 0 radical (unpaired) electrons. The molecule has 0 aliphatic heterocycles. The molecule has 0 spiro atoms. The molecule has 1 N–H and O–H groups in total. The van der Waals surface area contributed by atoms with E-state index in [0.29, 0.717) is 11.3 Å². The van der Waals surface area contributed by atoms with Gasteiger partial charge in [-0.05, 0) is 33.8 Å². The Bertz CT molecular complexity index is 594. The number of rotatable bonds is 3. The van der Waals surface area contributed by atoms with Gasteiger partial charge < -0.3 is 4.74 Å². The Morgan fingerprint density at radius 1 is 1.43 bits per heavy atom. The third kappa shape index (κ3) is 5.39. The Morgan fingerprint density at radius 3 is 2.57 bits per heavy atom. The topological polar surface area (TPSA) is 93.8 Å². The van der Waals surface area contributed by atoms with E-state index in [-0.39, 0.29) is 10.7 Å². The molecule has 114 valence electrons. The highest BCUT2D eigenvalue weighted by molar-refractivity contribution is 6.32. The molecule has 0 heterocycles. The molecule has 0 saturated carbocycles. The van der Waals surface area contributed by atoms with E-state index in [1.807, 2.05) is 0 Å². The van der Waals surface area contributed by atoms with Crippen LogP contribution in [0.3, 0.4) is 0 Å². The third-order valence-electron chi connectivity index (χ3n) is 2.27. The Balaban J connectivity index is 2.86. The maximum absolute atomic E-state index is 11.5. The molecule has 0 fully saturated rings. The van der Waals surface area contributed by atoms with E-state index in [9.17, 15) is 14.9 Å². The van der Waals surface area contributed by atoms with E-state index in [0.717, 1.165) is 0 Å². The summed E-state index contributed by atoms with van der Waals surface area (Å²) in [7, 11) is 0. The van der Waals surface area contributed by atoms with Gasteiger partial charge in [0, 0.05) is 11.6 Å². The minimum atomic E-state index is -0.703. The lowest BCUT2D eigenvalue weighted by Gasteiger charge is -2.18. The van der Waals surface area contributed by atoms with E-state index >= 15 is 0 Å². The first kappa shape index (κ1) is 16.9. The second-order valence-electron chi connectivity index (χ2n) is 5.23. The fraction of sp³-hybridized carbons (Fsp3) is 0.385. The number of carbonyl (C=O) groups is 1. The van der Waals surface area contributed by atoms with Crippen LogP contribution in [0.5, 0.6) is 0 Å². The Hall–Kier alpha value is -2.15. The fourth-order valence-electron chi connectivity index (χ4n) is 1.37. The SMILES string of the molecule is C/C(=N\NC(=O)OC(C)(C)C)c1ccc(Cl)c([N+](=O)[O-])c1. The summed E-state index contributed by atoms with van der Waals surface area (Å²) in [5.41, 5.74) is 2.23. The van der Waals surface area contributed by atoms with E-state index < -0.39 is 16.6 Å². The normalized spacial score (nSPS) is 12.0. The van der Waals surface area contributed by atoms with Gasteiger partial charge in [0.25, 0.3) is 5.69 Å². The van der Waals surface area contributed by atoms with Crippen LogP contribution in [-0.2, 0) is 4.74 Å². The summed E-state index contributed by atoms with van der Waals surface area (Å²) >= 11 is 5.72. The number of nitro benzene ring substituents is 1. The molecule has 21 heavy (non-hydrogen) atoms. The van der Waals surface area contributed by atoms with Crippen molar-refractivity contribution in [3.8, 4) is 0 Å². The van der Waals surface area contributed by atoms with Crippen LogP contribution in [0.25, 0.3) is 0 Å².